The number of nitro benzene ring substituents is 1. The highest BCUT2D eigenvalue weighted by Crippen LogP contribution is 2.31. The maximum atomic E-state index is 14.1. The Morgan fingerprint density at radius 2 is 2.00 bits per heavy atom. The van der Waals surface area contributed by atoms with E-state index in [0.717, 1.165) is 17.4 Å². The van der Waals surface area contributed by atoms with Gasteiger partial charge in [-0.3, -0.25) is 19.8 Å². The van der Waals surface area contributed by atoms with Crippen molar-refractivity contribution >= 4 is 38.3 Å². The van der Waals surface area contributed by atoms with Crippen LogP contribution in [0, 0.1) is 21.7 Å². The van der Waals surface area contributed by atoms with Crippen LogP contribution in [0.25, 0.3) is 10.2 Å². The SMILES string of the molecule is O=C(Cc1ccc([N+](=O)[O-])cc1)N(CCCn1ccnc1)c1nc2c(F)cc(F)cc2s1. The van der Waals surface area contributed by atoms with E-state index in [9.17, 15) is 23.7 Å². The summed E-state index contributed by atoms with van der Waals surface area (Å²) < 4.78 is 29.9. The number of rotatable bonds is 8. The molecule has 0 spiro atoms. The molecule has 11 heteroatoms. The van der Waals surface area contributed by atoms with Crippen molar-refractivity contribution in [2.75, 3.05) is 11.4 Å². The van der Waals surface area contributed by atoms with Gasteiger partial charge in [0.25, 0.3) is 5.69 Å². The van der Waals surface area contributed by atoms with Crippen LogP contribution >= 0.6 is 11.3 Å². The van der Waals surface area contributed by atoms with Crippen molar-refractivity contribution < 1.29 is 18.5 Å². The van der Waals surface area contributed by atoms with Crippen LogP contribution in [0.5, 0.6) is 0 Å². The minimum atomic E-state index is -0.788. The number of hydrogen-bond donors (Lipinski definition) is 0. The van der Waals surface area contributed by atoms with E-state index in [1.54, 1.807) is 18.7 Å². The summed E-state index contributed by atoms with van der Waals surface area (Å²) in [5.41, 5.74) is 0.537. The second-order valence-electron chi connectivity index (χ2n) is 7.03. The molecule has 0 radical (unpaired) electrons. The van der Waals surface area contributed by atoms with Gasteiger partial charge in [0.1, 0.15) is 11.3 Å². The number of amides is 1. The van der Waals surface area contributed by atoms with E-state index >= 15 is 0 Å². The number of imidazole rings is 1. The Kier molecular flexibility index (Phi) is 6.17. The first-order valence-corrected chi connectivity index (χ1v) is 10.5. The number of aryl methyl sites for hydroxylation is 1. The molecule has 0 saturated heterocycles. The molecule has 164 valence electrons. The van der Waals surface area contributed by atoms with Crippen molar-refractivity contribution in [3.63, 3.8) is 0 Å². The lowest BCUT2D eigenvalue weighted by Crippen LogP contribution is -2.33. The summed E-state index contributed by atoms with van der Waals surface area (Å²) in [7, 11) is 0. The van der Waals surface area contributed by atoms with Crippen LogP contribution in [0.1, 0.15) is 12.0 Å². The molecule has 2 aromatic heterocycles. The second-order valence-corrected chi connectivity index (χ2v) is 8.04. The van der Waals surface area contributed by atoms with E-state index in [-0.39, 0.29) is 28.7 Å². The molecule has 0 unspecified atom stereocenters. The molecule has 0 saturated carbocycles. The zero-order valence-electron chi connectivity index (χ0n) is 16.6. The van der Waals surface area contributed by atoms with Crippen molar-refractivity contribution in [1.29, 1.82) is 0 Å². The van der Waals surface area contributed by atoms with Crippen molar-refractivity contribution in [3.05, 3.63) is 82.4 Å². The van der Waals surface area contributed by atoms with Crippen LogP contribution in [0.2, 0.25) is 0 Å². The fourth-order valence-corrected chi connectivity index (χ4v) is 4.27. The summed E-state index contributed by atoms with van der Waals surface area (Å²) in [6.45, 7) is 0.906. The van der Waals surface area contributed by atoms with Gasteiger partial charge in [0.15, 0.2) is 10.9 Å². The lowest BCUT2D eigenvalue weighted by Gasteiger charge is -2.20. The molecule has 0 bridgehead atoms. The highest BCUT2D eigenvalue weighted by Gasteiger charge is 2.22. The smallest absolute Gasteiger partial charge is 0.269 e. The van der Waals surface area contributed by atoms with Crippen LogP contribution in [0.3, 0.4) is 0 Å². The van der Waals surface area contributed by atoms with Gasteiger partial charge in [0.2, 0.25) is 5.91 Å². The number of benzene rings is 2. The minimum Gasteiger partial charge on any atom is -0.337 e. The average molecular weight is 457 g/mol. The van der Waals surface area contributed by atoms with Gasteiger partial charge in [-0.2, -0.15) is 0 Å². The van der Waals surface area contributed by atoms with Crippen molar-refractivity contribution in [1.82, 2.24) is 14.5 Å². The third-order valence-corrected chi connectivity index (χ3v) is 5.82. The average Bonchev–Trinajstić information content (AvgIpc) is 3.41. The summed E-state index contributed by atoms with van der Waals surface area (Å²) in [5.74, 6) is -1.80. The molecule has 4 rings (SSSR count). The molecular formula is C21H17F2N5O3S. The number of non-ortho nitro benzene ring substituents is 1. The first kappa shape index (κ1) is 21.5. The molecule has 0 aliphatic rings. The Hall–Kier alpha value is -3.73. The zero-order valence-corrected chi connectivity index (χ0v) is 17.5. The van der Waals surface area contributed by atoms with Crippen LogP contribution in [-0.4, -0.2) is 31.9 Å². The van der Waals surface area contributed by atoms with Gasteiger partial charge in [-0.15, -0.1) is 0 Å². The minimum absolute atomic E-state index is 0.00847. The monoisotopic (exact) mass is 457 g/mol. The number of carbonyl (C=O) groups excluding carboxylic acids is 1. The number of fused-ring (bicyclic) bond motifs is 1. The third kappa shape index (κ3) is 4.78. The van der Waals surface area contributed by atoms with E-state index in [2.05, 4.69) is 9.97 Å². The number of aromatic nitrogens is 3. The zero-order chi connectivity index (χ0) is 22.7. The first-order valence-electron chi connectivity index (χ1n) is 9.66. The molecule has 0 atom stereocenters. The van der Waals surface area contributed by atoms with E-state index in [1.807, 2.05) is 4.57 Å². The highest BCUT2D eigenvalue weighted by atomic mass is 32.1. The molecule has 2 heterocycles. The molecule has 32 heavy (non-hydrogen) atoms. The number of nitrogens with zero attached hydrogens (tertiary/aromatic N) is 5. The quantitative estimate of drug-likeness (QED) is 0.290. The third-order valence-electron chi connectivity index (χ3n) is 4.79. The Bertz CT molecular complexity index is 1260. The Morgan fingerprint density at radius 3 is 2.69 bits per heavy atom. The number of halogens is 2. The molecule has 1 amide bonds. The second kappa shape index (κ2) is 9.18. The van der Waals surface area contributed by atoms with Gasteiger partial charge < -0.3 is 4.57 Å². The molecule has 0 N–H and O–H groups in total. The van der Waals surface area contributed by atoms with Gasteiger partial charge in [-0.1, -0.05) is 23.5 Å². The van der Waals surface area contributed by atoms with Crippen molar-refractivity contribution in [3.8, 4) is 0 Å². The molecule has 0 aliphatic carbocycles. The fourth-order valence-electron chi connectivity index (χ4n) is 3.22. The van der Waals surface area contributed by atoms with Gasteiger partial charge >= 0.3 is 0 Å². The predicted molar refractivity (Wildman–Crippen MR) is 116 cm³/mol. The van der Waals surface area contributed by atoms with Gasteiger partial charge in [0.05, 0.1) is 22.4 Å². The normalized spacial score (nSPS) is 11.1. The van der Waals surface area contributed by atoms with Crippen molar-refractivity contribution in [2.24, 2.45) is 0 Å². The summed E-state index contributed by atoms with van der Waals surface area (Å²) in [6, 6.07) is 7.65. The molecule has 8 nitrogen and oxygen atoms in total. The van der Waals surface area contributed by atoms with Crippen LogP contribution in [0.15, 0.2) is 55.1 Å². The van der Waals surface area contributed by atoms with Gasteiger partial charge in [0, 0.05) is 43.7 Å². The number of thiazole rings is 1. The summed E-state index contributed by atoms with van der Waals surface area (Å²) >= 11 is 1.03. The summed E-state index contributed by atoms with van der Waals surface area (Å²) in [5, 5.41) is 11.1. The highest BCUT2D eigenvalue weighted by molar-refractivity contribution is 7.22. The number of carbonyl (C=O) groups is 1. The van der Waals surface area contributed by atoms with Gasteiger partial charge in [-0.05, 0) is 18.1 Å². The van der Waals surface area contributed by atoms with Crippen LogP contribution in [0.4, 0.5) is 19.6 Å². The van der Waals surface area contributed by atoms with E-state index < -0.39 is 16.6 Å². The number of nitro groups is 1. The molecular weight excluding hydrogens is 440 g/mol. The van der Waals surface area contributed by atoms with E-state index in [0.29, 0.717) is 29.8 Å². The Morgan fingerprint density at radius 1 is 1.22 bits per heavy atom. The van der Waals surface area contributed by atoms with Crippen molar-refractivity contribution in [2.45, 2.75) is 19.4 Å². The number of hydrogen-bond acceptors (Lipinski definition) is 6. The maximum absolute atomic E-state index is 14.1. The summed E-state index contributed by atoms with van der Waals surface area (Å²) in [6.07, 6.45) is 5.69. The van der Waals surface area contributed by atoms with E-state index in [4.69, 9.17) is 0 Å². The fraction of sp³-hybridized carbons (Fsp3) is 0.190. The van der Waals surface area contributed by atoms with Gasteiger partial charge in [-0.25, -0.2) is 18.7 Å². The Labute approximate surface area is 184 Å². The van der Waals surface area contributed by atoms with Crippen LogP contribution in [-0.2, 0) is 17.8 Å². The predicted octanol–water partition coefficient (Wildman–Crippen LogP) is 4.35. The standard InChI is InChI=1S/C21H17F2N5O3S/c22-15-11-17(23)20-18(12-15)32-21(25-20)27(8-1-7-26-9-6-24-13-26)19(29)10-14-2-4-16(5-3-14)28(30)31/h2-6,9,11-13H,1,7-8,10H2. The first-order chi connectivity index (χ1) is 15.4. The lowest BCUT2D eigenvalue weighted by molar-refractivity contribution is -0.384. The molecule has 0 aliphatic heterocycles. The molecule has 4 aromatic rings. The largest absolute Gasteiger partial charge is 0.337 e. The molecule has 2 aromatic carbocycles. The van der Waals surface area contributed by atoms with Crippen LogP contribution < -0.4 is 4.90 Å². The van der Waals surface area contributed by atoms with E-state index in [1.165, 1.54) is 35.2 Å². The number of anilines is 1. The Balaban J connectivity index is 1.58. The lowest BCUT2D eigenvalue weighted by atomic mass is 10.1. The summed E-state index contributed by atoms with van der Waals surface area (Å²) in [4.78, 5) is 33.1. The topological polar surface area (TPSA) is 94.2 Å². The molecule has 0 fully saturated rings. The maximum Gasteiger partial charge on any atom is 0.269 e.